The fourth-order valence-electron chi connectivity index (χ4n) is 3.85. The number of hydrogen-bond donors (Lipinski definition) is 2. The molecule has 0 unspecified atom stereocenters. The average molecular weight is 499 g/mol. The van der Waals surface area contributed by atoms with E-state index in [9.17, 15) is 13.2 Å². The van der Waals surface area contributed by atoms with Crippen molar-refractivity contribution in [3.8, 4) is 0 Å². The molecule has 1 saturated heterocycles. The maximum Gasteiger partial charge on any atom is 0.251 e. The lowest BCUT2D eigenvalue weighted by atomic mass is 10.1. The number of rotatable bonds is 9. The molecule has 1 aliphatic heterocycles. The summed E-state index contributed by atoms with van der Waals surface area (Å²) in [5.41, 5.74) is 2.55. The highest BCUT2D eigenvalue weighted by atomic mass is 32.2. The normalized spacial score (nSPS) is 15.3. The lowest BCUT2D eigenvalue weighted by Gasteiger charge is -2.32. The first-order chi connectivity index (χ1) is 16.4. The van der Waals surface area contributed by atoms with E-state index in [1.807, 2.05) is 29.6 Å². The van der Waals surface area contributed by atoms with Crippen LogP contribution in [0.2, 0.25) is 0 Å². The minimum absolute atomic E-state index is 0.0749. The molecule has 4 rings (SSSR count). The zero-order valence-electron chi connectivity index (χ0n) is 19.2. The molecule has 3 aromatic rings. The van der Waals surface area contributed by atoms with E-state index in [4.69, 9.17) is 0 Å². The Labute approximate surface area is 205 Å². The monoisotopic (exact) mass is 498 g/mol. The first-order valence-corrected chi connectivity index (χ1v) is 13.6. The van der Waals surface area contributed by atoms with Crippen LogP contribution in [0.15, 0.2) is 70.9 Å². The molecule has 7 nitrogen and oxygen atoms in total. The number of carbonyl (C=O) groups is 1. The molecule has 0 bridgehead atoms. The first kappa shape index (κ1) is 24.6. The predicted octanol–water partition coefficient (Wildman–Crippen LogP) is 2.90. The third-order valence-corrected chi connectivity index (χ3v) is 8.14. The van der Waals surface area contributed by atoms with Crippen LogP contribution in [-0.4, -0.2) is 57.4 Å². The van der Waals surface area contributed by atoms with Gasteiger partial charge < -0.3 is 10.2 Å². The van der Waals surface area contributed by atoms with Crippen LogP contribution in [0.3, 0.4) is 0 Å². The Morgan fingerprint density at radius 2 is 1.71 bits per heavy atom. The van der Waals surface area contributed by atoms with Crippen molar-refractivity contribution >= 4 is 27.3 Å². The van der Waals surface area contributed by atoms with E-state index >= 15 is 0 Å². The van der Waals surface area contributed by atoms with Gasteiger partial charge in [-0.3, -0.25) is 9.69 Å². The van der Waals surface area contributed by atoms with Crippen LogP contribution >= 0.6 is 11.3 Å². The number of benzene rings is 2. The predicted molar refractivity (Wildman–Crippen MR) is 135 cm³/mol. The summed E-state index contributed by atoms with van der Waals surface area (Å²) in [6, 6.07) is 18.1. The van der Waals surface area contributed by atoms with Gasteiger partial charge in [-0.05, 0) is 47.8 Å². The molecule has 180 valence electrons. The molecule has 0 aliphatic carbocycles. The number of amides is 1. The van der Waals surface area contributed by atoms with Crippen LogP contribution < -0.4 is 10.0 Å². The third-order valence-electron chi connectivity index (χ3n) is 5.87. The molecule has 0 saturated carbocycles. The number of sulfonamides is 1. The van der Waals surface area contributed by atoms with Gasteiger partial charge in [-0.2, -0.15) is 0 Å². The number of nitrogens with one attached hydrogen (secondary N) is 2. The van der Waals surface area contributed by atoms with Crippen molar-refractivity contribution in [2.75, 3.05) is 33.2 Å². The molecule has 1 fully saturated rings. The van der Waals surface area contributed by atoms with Crippen molar-refractivity contribution in [3.63, 3.8) is 0 Å². The quantitative estimate of drug-likeness (QED) is 0.474. The molecule has 0 radical (unpaired) electrons. The average Bonchev–Trinajstić information content (AvgIpc) is 3.37. The third kappa shape index (κ3) is 6.74. The Morgan fingerprint density at radius 1 is 0.941 bits per heavy atom. The fraction of sp³-hybridized carbons (Fsp3) is 0.320. The molecule has 1 aliphatic rings. The number of nitrogens with zero attached hydrogens (tertiary/aromatic N) is 2. The highest BCUT2D eigenvalue weighted by Gasteiger charge is 2.17. The van der Waals surface area contributed by atoms with Gasteiger partial charge in [-0.1, -0.05) is 36.4 Å². The van der Waals surface area contributed by atoms with E-state index in [1.165, 1.54) is 29.0 Å². The van der Waals surface area contributed by atoms with Crippen molar-refractivity contribution in [2.45, 2.75) is 24.5 Å². The first-order valence-electron chi connectivity index (χ1n) is 11.3. The highest BCUT2D eigenvalue weighted by molar-refractivity contribution is 7.89. The molecule has 0 spiro atoms. The summed E-state index contributed by atoms with van der Waals surface area (Å²) in [6.45, 7) is 5.76. The number of hydrogen-bond acceptors (Lipinski definition) is 6. The molecule has 2 N–H and O–H groups in total. The van der Waals surface area contributed by atoms with Gasteiger partial charge in [-0.15, -0.1) is 11.3 Å². The van der Waals surface area contributed by atoms with Gasteiger partial charge in [0.25, 0.3) is 5.91 Å². The van der Waals surface area contributed by atoms with Gasteiger partial charge in [0, 0.05) is 56.3 Å². The van der Waals surface area contributed by atoms with Crippen LogP contribution in [0, 0.1) is 0 Å². The zero-order valence-corrected chi connectivity index (χ0v) is 20.9. The number of piperazine rings is 1. The van der Waals surface area contributed by atoms with E-state index in [0.29, 0.717) is 12.1 Å². The SMILES string of the molecule is CN1CCN(Cc2cccc(CNC(=O)c3cccc(S(=O)(=O)NCc4cccs4)c3)c2)CC1. The number of thiophene rings is 1. The molecular formula is C25H30N4O3S2. The Bertz CT molecular complexity index is 1200. The van der Waals surface area contributed by atoms with Gasteiger partial charge >= 0.3 is 0 Å². The van der Waals surface area contributed by atoms with Gasteiger partial charge in [0.05, 0.1) is 4.90 Å². The van der Waals surface area contributed by atoms with Gasteiger partial charge in [0.1, 0.15) is 0 Å². The summed E-state index contributed by atoms with van der Waals surface area (Å²) in [5.74, 6) is -0.306. The van der Waals surface area contributed by atoms with Crippen LogP contribution in [0.1, 0.15) is 26.4 Å². The molecule has 1 amide bonds. The number of carbonyl (C=O) groups excluding carboxylic acids is 1. The van der Waals surface area contributed by atoms with Crippen molar-refractivity contribution in [1.82, 2.24) is 19.8 Å². The van der Waals surface area contributed by atoms with Gasteiger partial charge in [0.15, 0.2) is 0 Å². The second-order valence-electron chi connectivity index (χ2n) is 8.51. The van der Waals surface area contributed by atoms with Crippen LogP contribution in [-0.2, 0) is 29.7 Å². The van der Waals surface area contributed by atoms with Crippen molar-refractivity contribution in [3.05, 3.63) is 87.6 Å². The van der Waals surface area contributed by atoms with Crippen LogP contribution in [0.25, 0.3) is 0 Å². The van der Waals surface area contributed by atoms with Gasteiger partial charge in [-0.25, -0.2) is 13.1 Å². The summed E-state index contributed by atoms with van der Waals surface area (Å²) in [5, 5.41) is 4.81. The van der Waals surface area contributed by atoms with Gasteiger partial charge in [0.2, 0.25) is 10.0 Å². The van der Waals surface area contributed by atoms with E-state index in [2.05, 4.69) is 39.0 Å². The molecule has 2 heterocycles. The zero-order chi connectivity index (χ0) is 24.0. The maximum atomic E-state index is 12.7. The van der Waals surface area contributed by atoms with Crippen molar-refractivity contribution < 1.29 is 13.2 Å². The molecule has 0 atom stereocenters. The van der Waals surface area contributed by atoms with E-state index in [1.54, 1.807) is 12.1 Å². The largest absolute Gasteiger partial charge is 0.348 e. The summed E-state index contributed by atoms with van der Waals surface area (Å²) in [4.78, 5) is 18.5. The molecule has 9 heteroatoms. The standard InChI is InChI=1S/C25H30N4O3S2/c1-28-10-12-29(13-11-28)19-21-6-2-5-20(15-21)17-26-25(30)22-7-3-9-24(16-22)34(31,32)27-18-23-8-4-14-33-23/h2-9,14-16,27H,10-13,17-19H2,1H3,(H,26,30). The highest BCUT2D eigenvalue weighted by Crippen LogP contribution is 2.15. The van der Waals surface area contributed by atoms with E-state index < -0.39 is 10.0 Å². The van der Waals surface area contributed by atoms with Crippen molar-refractivity contribution in [1.29, 1.82) is 0 Å². The fourth-order valence-corrected chi connectivity index (χ4v) is 5.64. The summed E-state index contributed by atoms with van der Waals surface area (Å²) in [6.07, 6.45) is 0. The smallest absolute Gasteiger partial charge is 0.251 e. The molecule has 1 aromatic heterocycles. The molecular weight excluding hydrogens is 468 g/mol. The summed E-state index contributed by atoms with van der Waals surface area (Å²) >= 11 is 1.49. The minimum atomic E-state index is -3.71. The number of likely N-dealkylation sites (N-methyl/N-ethyl adjacent to an activating group) is 1. The van der Waals surface area contributed by atoms with Crippen molar-refractivity contribution in [2.24, 2.45) is 0 Å². The Morgan fingerprint density at radius 3 is 2.47 bits per heavy atom. The lowest BCUT2D eigenvalue weighted by Crippen LogP contribution is -2.43. The minimum Gasteiger partial charge on any atom is -0.348 e. The second kappa shape index (κ2) is 11.2. The maximum absolute atomic E-state index is 12.7. The lowest BCUT2D eigenvalue weighted by molar-refractivity contribution is 0.0950. The Balaban J connectivity index is 1.34. The summed E-state index contributed by atoms with van der Waals surface area (Å²) in [7, 11) is -1.57. The van der Waals surface area contributed by atoms with E-state index in [-0.39, 0.29) is 17.3 Å². The molecule has 34 heavy (non-hydrogen) atoms. The van der Waals surface area contributed by atoms with Crippen LogP contribution in [0.5, 0.6) is 0 Å². The Hall–Kier alpha value is -2.56. The molecule has 2 aromatic carbocycles. The summed E-state index contributed by atoms with van der Waals surface area (Å²) < 4.78 is 27.9. The Kier molecular flexibility index (Phi) is 8.12. The second-order valence-corrected chi connectivity index (χ2v) is 11.3. The topological polar surface area (TPSA) is 81.8 Å². The van der Waals surface area contributed by atoms with E-state index in [0.717, 1.165) is 43.2 Å². The van der Waals surface area contributed by atoms with Crippen LogP contribution in [0.4, 0.5) is 0 Å².